The molecule has 2 atom stereocenters. The fourth-order valence-corrected chi connectivity index (χ4v) is 7.03. The Morgan fingerprint density at radius 2 is 1.65 bits per heavy atom. The first-order valence-electron chi connectivity index (χ1n) is 8.78. The monoisotopic (exact) mass is 394 g/mol. The summed E-state index contributed by atoms with van der Waals surface area (Å²) in [6, 6.07) is 0. The van der Waals surface area contributed by atoms with E-state index in [2.05, 4.69) is 37.8 Å². The lowest BCUT2D eigenvalue weighted by Gasteiger charge is -2.44. The van der Waals surface area contributed by atoms with E-state index in [1.165, 1.54) is 0 Å². The number of aromatic nitrogens is 2. The average molecular weight is 394 g/mol. The molecule has 1 aromatic heterocycles. The molecule has 1 aromatic rings. The van der Waals surface area contributed by atoms with Crippen molar-refractivity contribution in [3.8, 4) is 0 Å². The Kier molecular flexibility index (Phi) is 4.49. The molecule has 0 radical (unpaired) electrons. The van der Waals surface area contributed by atoms with Gasteiger partial charge in [0, 0.05) is 5.92 Å². The summed E-state index contributed by atoms with van der Waals surface area (Å²) >= 11 is 0. The van der Waals surface area contributed by atoms with Gasteiger partial charge in [0.25, 0.3) is 0 Å². The molecule has 5 nitrogen and oxygen atoms in total. The highest BCUT2D eigenvalue weighted by Gasteiger charge is 2.55. The summed E-state index contributed by atoms with van der Waals surface area (Å²) in [5.74, 6) is -4.63. The Bertz CT molecular complexity index is 767. The average Bonchev–Trinajstić information content (AvgIpc) is 2.98. The molecule has 0 amide bonds. The van der Waals surface area contributed by atoms with Gasteiger partial charge >= 0.3 is 6.18 Å². The SMILES string of the molecule is CC1(C)CC(c2noc(C3CS(=O)(=O)CC3C(F)(F)F)n2)CC(C)(C)C1. The van der Waals surface area contributed by atoms with Gasteiger partial charge in [-0.15, -0.1) is 0 Å². The van der Waals surface area contributed by atoms with E-state index in [1.54, 1.807) is 0 Å². The van der Waals surface area contributed by atoms with Crippen LogP contribution in [0.15, 0.2) is 4.52 Å². The maximum Gasteiger partial charge on any atom is 0.393 e. The molecule has 0 spiro atoms. The molecule has 26 heavy (non-hydrogen) atoms. The van der Waals surface area contributed by atoms with Crippen LogP contribution >= 0.6 is 0 Å². The van der Waals surface area contributed by atoms with Gasteiger partial charge in [-0.25, -0.2) is 8.42 Å². The van der Waals surface area contributed by atoms with Gasteiger partial charge in [0.15, 0.2) is 15.7 Å². The molecule has 2 fully saturated rings. The van der Waals surface area contributed by atoms with Crippen molar-refractivity contribution in [1.82, 2.24) is 10.1 Å². The fraction of sp³-hybridized carbons (Fsp3) is 0.882. The number of halogens is 3. The minimum Gasteiger partial charge on any atom is -0.339 e. The second kappa shape index (κ2) is 5.94. The van der Waals surface area contributed by atoms with Crippen LogP contribution in [0.5, 0.6) is 0 Å². The zero-order valence-corrected chi connectivity index (χ0v) is 16.2. The van der Waals surface area contributed by atoms with Crippen molar-refractivity contribution in [3.05, 3.63) is 11.7 Å². The fourth-order valence-electron chi connectivity index (χ4n) is 5.01. The Balaban J connectivity index is 1.88. The lowest BCUT2D eigenvalue weighted by atomic mass is 9.61. The van der Waals surface area contributed by atoms with Gasteiger partial charge in [-0.05, 0) is 30.1 Å². The molecule has 1 saturated heterocycles. The third kappa shape index (κ3) is 4.07. The predicted octanol–water partition coefficient (Wildman–Crippen LogP) is 4.08. The van der Waals surface area contributed by atoms with E-state index in [4.69, 9.17) is 4.52 Å². The molecule has 0 bridgehead atoms. The summed E-state index contributed by atoms with van der Waals surface area (Å²) in [7, 11) is -3.78. The minimum absolute atomic E-state index is 0.00593. The quantitative estimate of drug-likeness (QED) is 0.756. The second-order valence-corrected chi connectivity index (χ2v) is 11.6. The van der Waals surface area contributed by atoms with Crippen molar-refractivity contribution in [2.75, 3.05) is 11.5 Å². The Hall–Kier alpha value is -1.12. The molecule has 0 aromatic carbocycles. The van der Waals surface area contributed by atoms with Crippen LogP contribution in [0, 0.1) is 16.7 Å². The van der Waals surface area contributed by atoms with E-state index < -0.39 is 39.4 Å². The normalized spacial score (nSPS) is 31.2. The molecule has 2 heterocycles. The number of alkyl halides is 3. The molecular formula is C17H25F3N2O3S. The number of rotatable bonds is 2. The molecule has 0 N–H and O–H groups in total. The summed E-state index contributed by atoms with van der Waals surface area (Å²) in [4.78, 5) is 4.23. The summed E-state index contributed by atoms with van der Waals surface area (Å²) in [6.45, 7) is 8.63. The molecule has 9 heteroatoms. The van der Waals surface area contributed by atoms with Gasteiger partial charge in [0.2, 0.25) is 5.89 Å². The largest absolute Gasteiger partial charge is 0.393 e. The lowest BCUT2D eigenvalue weighted by Crippen LogP contribution is -2.33. The number of nitrogens with zero attached hydrogens (tertiary/aromatic N) is 2. The van der Waals surface area contributed by atoms with E-state index in [0.29, 0.717) is 5.82 Å². The number of hydrogen-bond donors (Lipinski definition) is 0. The highest BCUT2D eigenvalue weighted by molar-refractivity contribution is 7.91. The van der Waals surface area contributed by atoms with Gasteiger partial charge in [0.1, 0.15) is 0 Å². The molecule has 1 saturated carbocycles. The van der Waals surface area contributed by atoms with Crippen molar-refractivity contribution in [3.63, 3.8) is 0 Å². The van der Waals surface area contributed by atoms with E-state index in [-0.39, 0.29) is 22.6 Å². The predicted molar refractivity (Wildman–Crippen MR) is 89.4 cm³/mol. The van der Waals surface area contributed by atoms with E-state index in [9.17, 15) is 21.6 Å². The highest BCUT2D eigenvalue weighted by Crippen LogP contribution is 2.51. The smallest absolute Gasteiger partial charge is 0.339 e. The van der Waals surface area contributed by atoms with Crippen LogP contribution in [0.3, 0.4) is 0 Å². The van der Waals surface area contributed by atoms with E-state index in [1.807, 2.05) is 0 Å². The maximum absolute atomic E-state index is 13.3. The minimum atomic E-state index is -4.61. The molecule has 1 aliphatic carbocycles. The molecular weight excluding hydrogens is 369 g/mol. The van der Waals surface area contributed by atoms with Crippen molar-refractivity contribution < 1.29 is 26.1 Å². The van der Waals surface area contributed by atoms with Crippen LogP contribution in [-0.4, -0.2) is 36.2 Å². The highest BCUT2D eigenvalue weighted by atomic mass is 32.2. The Morgan fingerprint density at radius 1 is 1.08 bits per heavy atom. The van der Waals surface area contributed by atoms with Crippen LogP contribution in [-0.2, 0) is 9.84 Å². The van der Waals surface area contributed by atoms with Crippen molar-refractivity contribution in [2.45, 2.75) is 65.0 Å². The van der Waals surface area contributed by atoms with Crippen LogP contribution < -0.4 is 0 Å². The first-order valence-corrected chi connectivity index (χ1v) is 10.6. The summed E-state index contributed by atoms with van der Waals surface area (Å²) in [5, 5.41) is 3.93. The first kappa shape index (κ1) is 19.6. The number of hydrogen-bond acceptors (Lipinski definition) is 5. The second-order valence-electron chi connectivity index (χ2n) is 9.43. The van der Waals surface area contributed by atoms with Gasteiger partial charge in [0.05, 0.1) is 23.3 Å². The van der Waals surface area contributed by atoms with Gasteiger partial charge in [-0.3, -0.25) is 0 Å². The van der Waals surface area contributed by atoms with Crippen LogP contribution in [0.2, 0.25) is 0 Å². The molecule has 3 rings (SSSR count). The molecule has 148 valence electrons. The standard InChI is InChI=1S/C17H25F3N2O3S/c1-15(2)5-10(6-16(3,4)9-15)13-21-14(25-22-13)11-7-26(23,24)8-12(11)17(18,19)20/h10-12H,5-9H2,1-4H3. The summed E-state index contributed by atoms with van der Waals surface area (Å²) in [6.07, 6.45) is -1.93. The topological polar surface area (TPSA) is 73.1 Å². The van der Waals surface area contributed by atoms with Crippen LogP contribution in [0.1, 0.15) is 70.5 Å². The lowest BCUT2D eigenvalue weighted by molar-refractivity contribution is -0.172. The van der Waals surface area contributed by atoms with Gasteiger partial charge in [-0.2, -0.15) is 18.2 Å². The van der Waals surface area contributed by atoms with Crippen molar-refractivity contribution >= 4 is 9.84 Å². The third-order valence-corrected chi connectivity index (χ3v) is 7.20. The van der Waals surface area contributed by atoms with Gasteiger partial charge < -0.3 is 4.52 Å². The van der Waals surface area contributed by atoms with Crippen LogP contribution in [0.25, 0.3) is 0 Å². The zero-order valence-electron chi connectivity index (χ0n) is 15.4. The zero-order chi connectivity index (χ0) is 19.5. The third-order valence-electron chi connectivity index (χ3n) is 5.47. The molecule has 2 unspecified atom stereocenters. The maximum atomic E-state index is 13.3. The first-order chi connectivity index (χ1) is 11.7. The summed E-state index contributed by atoms with van der Waals surface area (Å²) < 4.78 is 68.4. The van der Waals surface area contributed by atoms with E-state index in [0.717, 1.165) is 19.3 Å². The van der Waals surface area contributed by atoms with Gasteiger partial charge in [-0.1, -0.05) is 32.9 Å². The Morgan fingerprint density at radius 3 is 2.19 bits per heavy atom. The number of sulfone groups is 1. The van der Waals surface area contributed by atoms with Crippen LogP contribution in [0.4, 0.5) is 13.2 Å². The molecule has 2 aliphatic rings. The van der Waals surface area contributed by atoms with E-state index >= 15 is 0 Å². The van der Waals surface area contributed by atoms with Crippen molar-refractivity contribution in [2.24, 2.45) is 16.7 Å². The van der Waals surface area contributed by atoms with Crippen molar-refractivity contribution in [1.29, 1.82) is 0 Å². The summed E-state index contributed by atoms with van der Waals surface area (Å²) in [5.41, 5.74) is 0.136. The Labute approximate surface area is 151 Å². The molecule has 1 aliphatic heterocycles.